The molecule has 5 heteroatoms. The van der Waals surface area contributed by atoms with Crippen molar-refractivity contribution in [3.05, 3.63) is 58.6 Å². The van der Waals surface area contributed by atoms with E-state index < -0.39 is 0 Å². The van der Waals surface area contributed by atoms with E-state index in [1.807, 2.05) is 42.5 Å². The molecule has 0 amide bonds. The highest BCUT2D eigenvalue weighted by Gasteiger charge is 2.12. The van der Waals surface area contributed by atoms with Crippen LogP contribution in [0.2, 0.25) is 5.02 Å². The zero-order valence-corrected chi connectivity index (χ0v) is 14.1. The SMILES string of the molecule is COc1cc(CNC[C@@H](C)O)cc(Cl)c1OCc1ccccc1. The summed E-state index contributed by atoms with van der Waals surface area (Å²) in [5, 5.41) is 12.9. The van der Waals surface area contributed by atoms with E-state index >= 15 is 0 Å². The topological polar surface area (TPSA) is 50.7 Å². The third-order valence-corrected chi connectivity index (χ3v) is 3.56. The second-order valence-corrected chi connectivity index (χ2v) is 5.77. The number of ether oxygens (including phenoxy) is 2. The molecule has 0 saturated heterocycles. The van der Waals surface area contributed by atoms with Crippen molar-refractivity contribution in [3.8, 4) is 11.5 Å². The molecule has 0 bridgehead atoms. The molecular formula is C18H22ClNO3. The highest BCUT2D eigenvalue weighted by atomic mass is 35.5. The van der Waals surface area contributed by atoms with Gasteiger partial charge in [-0.3, -0.25) is 0 Å². The number of halogens is 1. The second-order valence-electron chi connectivity index (χ2n) is 5.36. The molecule has 2 rings (SSSR count). The molecule has 0 aliphatic heterocycles. The fourth-order valence-corrected chi connectivity index (χ4v) is 2.46. The maximum absolute atomic E-state index is 9.27. The van der Waals surface area contributed by atoms with E-state index in [1.165, 1.54) is 0 Å². The lowest BCUT2D eigenvalue weighted by molar-refractivity contribution is 0.191. The molecule has 0 aromatic heterocycles. The molecule has 2 aromatic carbocycles. The molecule has 4 nitrogen and oxygen atoms in total. The molecule has 0 aliphatic carbocycles. The van der Waals surface area contributed by atoms with Gasteiger partial charge >= 0.3 is 0 Å². The van der Waals surface area contributed by atoms with E-state index in [9.17, 15) is 5.11 Å². The van der Waals surface area contributed by atoms with Crippen LogP contribution >= 0.6 is 11.6 Å². The molecule has 0 unspecified atom stereocenters. The maximum Gasteiger partial charge on any atom is 0.180 e. The van der Waals surface area contributed by atoms with Crippen LogP contribution in [0.3, 0.4) is 0 Å². The van der Waals surface area contributed by atoms with Gasteiger partial charge in [0.05, 0.1) is 18.2 Å². The Balaban J connectivity index is 2.07. The van der Waals surface area contributed by atoms with Gasteiger partial charge in [-0.15, -0.1) is 0 Å². The smallest absolute Gasteiger partial charge is 0.180 e. The first kappa shape index (κ1) is 17.6. The standard InChI is InChI=1S/C18H22ClNO3/c1-13(21)10-20-11-15-8-16(19)18(17(9-15)22-2)23-12-14-6-4-3-5-7-14/h3-9,13,20-21H,10-12H2,1-2H3/t13-/m1/s1. The van der Waals surface area contributed by atoms with Crippen LogP contribution in [-0.4, -0.2) is 24.9 Å². The van der Waals surface area contributed by atoms with Crippen LogP contribution in [0.25, 0.3) is 0 Å². The van der Waals surface area contributed by atoms with Gasteiger partial charge in [0.1, 0.15) is 6.61 Å². The molecule has 124 valence electrons. The minimum atomic E-state index is -0.388. The van der Waals surface area contributed by atoms with Crippen molar-refractivity contribution in [2.24, 2.45) is 0 Å². The lowest BCUT2D eigenvalue weighted by atomic mass is 10.2. The van der Waals surface area contributed by atoms with E-state index in [-0.39, 0.29) is 6.10 Å². The minimum Gasteiger partial charge on any atom is -0.493 e. The largest absolute Gasteiger partial charge is 0.493 e. The zero-order valence-electron chi connectivity index (χ0n) is 13.4. The molecule has 2 N–H and O–H groups in total. The van der Waals surface area contributed by atoms with Crippen LogP contribution in [0.1, 0.15) is 18.1 Å². The number of benzene rings is 2. The van der Waals surface area contributed by atoms with Crippen molar-refractivity contribution in [2.75, 3.05) is 13.7 Å². The van der Waals surface area contributed by atoms with Gasteiger partial charge in [-0.1, -0.05) is 41.9 Å². The summed E-state index contributed by atoms with van der Waals surface area (Å²) in [6.45, 7) is 3.28. The zero-order chi connectivity index (χ0) is 16.7. The second kappa shape index (κ2) is 8.77. The van der Waals surface area contributed by atoms with Crippen molar-refractivity contribution in [1.82, 2.24) is 5.32 Å². The van der Waals surface area contributed by atoms with Crippen molar-refractivity contribution < 1.29 is 14.6 Å². The Morgan fingerprint density at radius 3 is 2.57 bits per heavy atom. The Morgan fingerprint density at radius 1 is 1.17 bits per heavy atom. The van der Waals surface area contributed by atoms with Gasteiger partial charge in [0.15, 0.2) is 11.5 Å². The molecule has 2 aromatic rings. The number of rotatable bonds is 8. The monoisotopic (exact) mass is 335 g/mol. The molecule has 23 heavy (non-hydrogen) atoms. The fourth-order valence-electron chi connectivity index (χ4n) is 2.17. The number of nitrogens with one attached hydrogen (secondary N) is 1. The Labute approximate surface area is 142 Å². The minimum absolute atomic E-state index is 0.388. The highest BCUT2D eigenvalue weighted by molar-refractivity contribution is 6.32. The Bertz CT molecular complexity index is 617. The van der Waals surface area contributed by atoms with Gasteiger partial charge in [-0.2, -0.15) is 0 Å². The molecule has 0 heterocycles. The van der Waals surface area contributed by atoms with Gasteiger partial charge in [-0.05, 0) is 30.2 Å². The Kier molecular flexibility index (Phi) is 6.71. The summed E-state index contributed by atoms with van der Waals surface area (Å²) in [4.78, 5) is 0. The van der Waals surface area contributed by atoms with Crippen LogP contribution in [0.15, 0.2) is 42.5 Å². The van der Waals surface area contributed by atoms with Gasteiger partial charge in [-0.25, -0.2) is 0 Å². The van der Waals surface area contributed by atoms with E-state index in [0.29, 0.717) is 36.2 Å². The molecule has 0 spiro atoms. The Hall–Kier alpha value is -1.75. The third kappa shape index (κ3) is 5.43. The number of methoxy groups -OCH3 is 1. The van der Waals surface area contributed by atoms with Crippen LogP contribution in [0.5, 0.6) is 11.5 Å². The predicted molar refractivity (Wildman–Crippen MR) is 92.2 cm³/mol. The van der Waals surface area contributed by atoms with Crippen LogP contribution < -0.4 is 14.8 Å². The summed E-state index contributed by atoms with van der Waals surface area (Å²) in [5.41, 5.74) is 2.04. The normalized spacial score (nSPS) is 12.0. The van der Waals surface area contributed by atoms with E-state index in [0.717, 1.165) is 11.1 Å². The summed E-state index contributed by atoms with van der Waals surface area (Å²) < 4.78 is 11.2. The highest BCUT2D eigenvalue weighted by Crippen LogP contribution is 2.36. The van der Waals surface area contributed by atoms with Gasteiger partial charge < -0.3 is 19.9 Å². The Morgan fingerprint density at radius 2 is 1.91 bits per heavy atom. The maximum atomic E-state index is 9.27. The fraction of sp³-hybridized carbons (Fsp3) is 0.333. The number of hydrogen-bond donors (Lipinski definition) is 2. The average molecular weight is 336 g/mol. The summed E-state index contributed by atoms with van der Waals surface area (Å²) >= 11 is 6.34. The number of aliphatic hydroxyl groups excluding tert-OH is 1. The van der Waals surface area contributed by atoms with Crippen LogP contribution in [-0.2, 0) is 13.2 Å². The summed E-state index contributed by atoms with van der Waals surface area (Å²) in [7, 11) is 1.59. The summed E-state index contributed by atoms with van der Waals surface area (Å²) in [6.07, 6.45) is -0.388. The first-order chi connectivity index (χ1) is 11.1. The molecule has 1 atom stereocenters. The van der Waals surface area contributed by atoms with Gasteiger partial charge in [0.25, 0.3) is 0 Å². The predicted octanol–water partition coefficient (Wildman–Crippen LogP) is 3.40. The molecule has 0 fully saturated rings. The third-order valence-electron chi connectivity index (χ3n) is 3.28. The summed E-state index contributed by atoms with van der Waals surface area (Å²) in [5.74, 6) is 1.14. The lowest BCUT2D eigenvalue weighted by Crippen LogP contribution is -2.23. The van der Waals surface area contributed by atoms with Crippen molar-refractivity contribution in [1.29, 1.82) is 0 Å². The quantitative estimate of drug-likeness (QED) is 0.776. The molecule has 0 aliphatic rings. The number of hydrogen-bond acceptors (Lipinski definition) is 4. The summed E-state index contributed by atoms with van der Waals surface area (Å²) in [6, 6.07) is 13.6. The van der Waals surface area contributed by atoms with E-state index in [1.54, 1.807) is 14.0 Å². The molecular weight excluding hydrogens is 314 g/mol. The lowest BCUT2D eigenvalue weighted by Gasteiger charge is -2.15. The van der Waals surface area contributed by atoms with Crippen LogP contribution in [0.4, 0.5) is 0 Å². The van der Waals surface area contributed by atoms with Crippen molar-refractivity contribution >= 4 is 11.6 Å². The number of aliphatic hydroxyl groups is 1. The average Bonchev–Trinajstić information content (AvgIpc) is 2.54. The van der Waals surface area contributed by atoms with E-state index in [2.05, 4.69) is 5.32 Å². The van der Waals surface area contributed by atoms with Gasteiger partial charge in [0, 0.05) is 13.1 Å². The van der Waals surface area contributed by atoms with E-state index in [4.69, 9.17) is 21.1 Å². The van der Waals surface area contributed by atoms with Crippen molar-refractivity contribution in [2.45, 2.75) is 26.2 Å². The van der Waals surface area contributed by atoms with Crippen molar-refractivity contribution in [3.63, 3.8) is 0 Å². The van der Waals surface area contributed by atoms with Gasteiger partial charge in [0.2, 0.25) is 0 Å². The molecule has 0 radical (unpaired) electrons. The van der Waals surface area contributed by atoms with Crippen LogP contribution in [0, 0.1) is 0 Å². The first-order valence-corrected chi connectivity index (χ1v) is 7.90. The first-order valence-electron chi connectivity index (χ1n) is 7.52. The molecule has 0 saturated carbocycles.